The second kappa shape index (κ2) is 4.73. The van der Waals surface area contributed by atoms with E-state index in [4.69, 9.17) is 33.7 Å². The molecule has 0 bridgehead atoms. The van der Waals surface area contributed by atoms with Crippen molar-refractivity contribution in [2.75, 3.05) is 12.8 Å². The maximum Gasteiger partial charge on any atom is 0.240 e. The van der Waals surface area contributed by atoms with Gasteiger partial charge in [0.15, 0.2) is 0 Å². The van der Waals surface area contributed by atoms with E-state index in [0.717, 1.165) is 0 Å². The molecule has 2 N–H and O–H groups in total. The molecule has 0 unspecified atom stereocenters. The van der Waals surface area contributed by atoms with Crippen LogP contribution < -0.4 is 10.5 Å². The first kappa shape index (κ1) is 11.9. The Morgan fingerprint density at radius 1 is 1.24 bits per heavy atom. The maximum atomic E-state index is 6.10. The fourth-order valence-corrected chi connectivity index (χ4v) is 1.82. The molecule has 5 nitrogen and oxygen atoms in total. The van der Waals surface area contributed by atoms with Gasteiger partial charge in [-0.05, 0) is 6.07 Å². The van der Waals surface area contributed by atoms with Crippen LogP contribution in [0.2, 0.25) is 10.0 Å². The zero-order valence-corrected chi connectivity index (χ0v) is 10.3. The van der Waals surface area contributed by atoms with Crippen LogP contribution in [0.25, 0.3) is 11.3 Å². The van der Waals surface area contributed by atoms with Gasteiger partial charge in [0.2, 0.25) is 5.95 Å². The van der Waals surface area contributed by atoms with Gasteiger partial charge in [-0.1, -0.05) is 23.2 Å². The summed E-state index contributed by atoms with van der Waals surface area (Å²) < 4.78 is 5.05. The van der Waals surface area contributed by atoms with Crippen LogP contribution in [0.1, 0.15) is 0 Å². The van der Waals surface area contributed by atoms with Crippen LogP contribution in [0.4, 0.5) is 5.95 Å². The Morgan fingerprint density at radius 3 is 2.65 bits per heavy atom. The number of ether oxygens (including phenoxy) is 1. The number of hydrogen-bond donors (Lipinski definition) is 1. The summed E-state index contributed by atoms with van der Waals surface area (Å²) in [4.78, 5) is 4.02. The molecule has 0 amide bonds. The first-order valence-electron chi connectivity index (χ1n) is 4.60. The molecule has 17 heavy (non-hydrogen) atoms. The summed E-state index contributed by atoms with van der Waals surface area (Å²) >= 11 is 12.1. The van der Waals surface area contributed by atoms with Crippen molar-refractivity contribution in [3.05, 3.63) is 28.4 Å². The molecule has 0 spiro atoms. The second-order valence-electron chi connectivity index (χ2n) is 3.17. The van der Waals surface area contributed by atoms with Gasteiger partial charge in [-0.15, -0.1) is 5.10 Å². The Hall–Kier alpha value is -1.59. The fourth-order valence-electron chi connectivity index (χ4n) is 1.33. The molecule has 0 saturated heterocycles. The third-order valence-corrected chi connectivity index (χ3v) is 2.70. The average Bonchev–Trinajstić information content (AvgIpc) is 2.31. The van der Waals surface area contributed by atoms with E-state index in [0.29, 0.717) is 27.1 Å². The minimum atomic E-state index is 0.0745. The minimum Gasteiger partial charge on any atom is -0.495 e. The Balaban J connectivity index is 2.56. The molecule has 1 aromatic carbocycles. The largest absolute Gasteiger partial charge is 0.495 e. The zero-order chi connectivity index (χ0) is 12.4. The predicted molar refractivity (Wildman–Crippen MR) is 66.2 cm³/mol. The van der Waals surface area contributed by atoms with Crippen molar-refractivity contribution in [1.29, 1.82) is 0 Å². The Morgan fingerprint density at radius 2 is 2.00 bits per heavy atom. The monoisotopic (exact) mass is 270 g/mol. The molecule has 1 aromatic heterocycles. The van der Waals surface area contributed by atoms with Gasteiger partial charge in [-0.25, -0.2) is 4.98 Å². The van der Waals surface area contributed by atoms with Gasteiger partial charge >= 0.3 is 0 Å². The van der Waals surface area contributed by atoms with E-state index in [-0.39, 0.29) is 5.95 Å². The smallest absolute Gasteiger partial charge is 0.240 e. The van der Waals surface area contributed by atoms with E-state index in [9.17, 15) is 0 Å². The standard InChI is InChI=1S/C10H8Cl2N4O/c1-17-9-3-6(11)5(2-7(9)12)8-4-14-16-10(13)15-8/h2-4H,1H3,(H2,13,15,16). The number of halogens is 2. The van der Waals surface area contributed by atoms with Gasteiger partial charge < -0.3 is 10.5 Å². The number of nitrogen functional groups attached to an aromatic ring is 1. The van der Waals surface area contributed by atoms with Gasteiger partial charge in [0.1, 0.15) is 5.75 Å². The molecule has 0 fully saturated rings. The van der Waals surface area contributed by atoms with Crippen molar-refractivity contribution >= 4 is 29.2 Å². The summed E-state index contributed by atoms with van der Waals surface area (Å²) in [7, 11) is 1.52. The topological polar surface area (TPSA) is 73.9 Å². The van der Waals surface area contributed by atoms with Crippen LogP contribution in [-0.4, -0.2) is 22.3 Å². The summed E-state index contributed by atoms with van der Waals surface area (Å²) in [6.45, 7) is 0. The highest BCUT2D eigenvalue weighted by molar-refractivity contribution is 6.36. The third kappa shape index (κ3) is 2.40. The van der Waals surface area contributed by atoms with Gasteiger partial charge in [0.25, 0.3) is 0 Å². The van der Waals surface area contributed by atoms with Crippen LogP contribution >= 0.6 is 23.2 Å². The van der Waals surface area contributed by atoms with Crippen LogP contribution in [0, 0.1) is 0 Å². The highest BCUT2D eigenvalue weighted by atomic mass is 35.5. The first-order chi connectivity index (χ1) is 8.11. The van der Waals surface area contributed by atoms with Crippen molar-refractivity contribution in [3.8, 4) is 17.0 Å². The van der Waals surface area contributed by atoms with Crippen molar-refractivity contribution in [3.63, 3.8) is 0 Å². The van der Waals surface area contributed by atoms with E-state index in [1.807, 2.05) is 0 Å². The molecule has 2 aromatic rings. The number of nitrogens with two attached hydrogens (primary N) is 1. The summed E-state index contributed by atoms with van der Waals surface area (Å²) in [5.74, 6) is 0.570. The predicted octanol–water partition coefficient (Wildman–Crippen LogP) is 2.44. The van der Waals surface area contributed by atoms with Crippen LogP contribution in [-0.2, 0) is 0 Å². The third-order valence-electron chi connectivity index (χ3n) is 2.09. The SMILES string of the molecule is COc1cc(Cl)c(-c2cnnc(N)n2)cc1Cl. The quantitative estimate of drug-likeness (QED) is 0.907. The highest BCUT2D eigenvalue weighted by Crippen LogP contribution is 2.35. The number of rotatable bonds is 2. The average molecular weight is 271 g/mol. The summed E-state index contributed by atoms with van der Waals surface area (Å²) in [5, 5.41) is 8.16. The molecular formula is C10H8Cl2N4O. The van der Waals surface area contributed by atoms with Crippen LogP contribution in [0.15, 0.2) is 18.3 Å². The van der Waals surface area contributed by atoms with E-state index in [2.05, 4.69) is 15.2 Å². The van der Waals surface area contributed by atoms with E-state index >= 15 is 0 Å². The van der Waals surface area contributed by atoms with Crippen LogP contribution in [0.3, 0.4) is 0 Å². The van der Waals surface area contributed by atoms with Crippen molar-refractivity contribution in [2.24, 2.45) is 0 Å². The van der Waals surface area contributed by atoms with Crippen LogP contribution in [0.5, 0.6) is 5.75 Å². The Kier molecular flexibility index (Phi) is 3.31. The lowest BCUT2D eigenvalue weighted by Gasteiger charge is -2.08. The molecular weight excluding hydrogens is 263 g/mol. The molecule has 0 aliphatic heterocycles. The Labute approximate surface area is 108 Å². The Bertz CT molecular complexity index is 562. The number of anilines is 1. The first-order valence-corrected chi connectivity index (χ1v) is 5.36. The van der Waals surface area contributed by atoms with E-state index < -0.39 is 0 Å². The summed E-state index contributed by atoms with van der Waals surface area (Å²) in [5.41, 5.74) is 6.59. The molecule has 2 rings (SSSR count). The number of benzene rings is 1. The maximum absolute atomic E-state index is 6.10. The van der Waals surface area contributed by atoms with E-state index in [1.165, 1.54) is 13.3 Å². The van der Waals surface area contributed by atoms with Crippen molar-refractivity contribution in [1.82, 2.24) is 15.2 Å². The summed E-state index contributed by atoms with van der Waals surface area (Å²) in [6.07, 6.45) is 1.46. The lowest BCUT2D eigenvalue weighted by molar-refractivity contribution is 0.415. The van der Waals surface area contributed by atoms with Gasteiger partial charge in [-0.2, -0.15) is 5.10 Å². The molecule has 0 aliphatic rings. The van der Waals surface area contributed by atoms with Gasteiger partial charge in [-0.3, -0.25) is 0 Å². The lowest BCUT2D eigenvalue weighted by Crippen LogP contribution is -1.98. The lowest BCUT2D eigenvalue weighted by atomic mass is 10.1. The van der Waals surface area contributed by atoms with E-state index in [1.54, 1.807) is 12.1 Å². The molecule has 0 radical (unpaired) electrons. The zero-order valence-electron chi connectivity index (χ0n) is 8.82. The number of aromatic nitrogens is 3. The highest BCUT2D eigenvalue weighted by Gasteiger charge is 2.11. The number of nitrogens with zero attached hydrogens (tertiary/aromatic N) is 3. The molecule has 0 aliphatic carbocycles. The van der Waals surface area contributed by atoms with Gasteiger partial charge in [0, 0.05) is 11.6 Å². The molecule has 0 saturated carbocycles. The summed E-state index contributed by atoms with van der Waals surface area (Å²) in [6, 6.07) is 3.25. The molecule has 88 valence electrons. The van der Waals surface area contributed by atoms with Gasteiger partial charge in [0.05, 0.1) is 29.0 Å². The number of methoxy groups -OCH3 is 1. The second-order valence-corrected chi connectivity index (χ2v) is 3.98. The van der Waals surface area contributed by atoms with Crippen molar-refractivity contribution in [2.45, 2.75) is 0 Å². The minimum absolute atomic E-state index is 0.0745. The normalized spacial score (nSPS) is 10.3. The molecule has 1 heterocycles. The molecule has 0 atom stereocenters. The molecule has 7 heteroatoms. The fraction of sp³-hybridized carbons (Fsp3) is 0.100. The number of hydrogen-bond acceptors (Lipinski definition) is 5. The van der Waals surface area contributed by atoms with Crippen molar-refractivity contribution < 1.29 is 4.74 Å².